The van der Waals surface area contributed by atoms with E-state index in [0.29, 0.717) is 5.92 Å². The number of aryl methyl sites for hydroxylation is 2. The lowest BCUT2D eigenvalue weighted by molar-refractivity contribution is 0.467. The minimum Gasteiger partial charge on any atom is -0.312 e. The van der Waals surface area contributed by atoms with E-state index in [1.165, 1.54) is 5.56 Å². The maximum atomic E-state index is 13.7. The van der Waals surface area contributed by atoms with Crippen LogP contribution in [0, 0.1) is 12.7 Å². The van der Waals surface area contributed by atoms with Crippen molar-refractivity contribution in [3.63, 3.8) is 0 Å². The minimum absolute atomic E-state index is 0.112. The number of likely N-dealkylation sites (N-methyl/N-ethyl adjacent to an activating group) is 1. The number of benzene rings is 1. The highest BCUT2D eigenvalue weighted by molar-refractivity contribution is 5.35. The van der Waals surface area contributed by atoms with Crippen LogP contribution in [0.4, 0.5) is 4.39 Å². The summed E-state index contributed by atoms with van der Waals surface area (Å²) in [6.45, 7) is 1.93. The molecule has 3 heteroatoms. The van der Waals surface area contributed by atoms with Crippen LogP contribution < -0.4 is 5.32 Å². The van der Waals surface area contributed by atoms with Gasteiger partial charge in [0.1, 0.15) is 5.82 Å². The molecule has 1 aromatic carbocycles. The Morgan fingerprint density at radius 2 is 2.20 bits per heavy atom. The van der Waals surface area contributed by atoms with Crippen LogP contribution >= 0.6 is 0 Å². The van der Waals surface area contributed by atoms with Crippen LogP contribution in [0.2, 0.25) is 0 Å². The van der Waals surface area contributed by atoms with Gasteiger partial charge in [-0.05, 0) is 61.7 Å². The number of hydrogen-bond donors (Lipinski definition) is 1. The van der Waals surface area contributed by atoms with Crippen molar-refractivity contribution < 1.29 is 4.39 Å². The number of pyridine rings is 1. The Morgan fingerprint density at radius 1 is 1.35 bits per heavy atom. The zero-order chi connectivity index (χ0) is 14.1. The Labute approximate surface area is 119 Å². The highest BCUT2D eigenvalue weighted by atomic mass is 19.1. The van der Waals surface area contributed by atoms with Gasteiger partial charge in [-0.25, -0.2) is 4.39 Å². The summed E-state index contributed by atoms with van der Waals surface area (Å²) in [6.07, 6.45) is 3.97. The molecule has 0 bridgehead atoms. The largest absolute Gasteiger partial charge is 0.312 e. The zero-order valence-corrected chi connectivity index (χ0v) is 11.9. The number of nitrogens with one attached hydrogen (secondary N) is 1. The van der Waals surface area contributed by atoms with Crippen molar-refractivity contribution in [2.24, 2.45) is 0 Å². The van der Waals surface area contributed by atoms with Gasteiger partial charge in [-0.1, -0.05) is 12.1 Å². The second-order valence-corrected chi connectivity index (χ2v) is 5.52. The molecule has 3 rings (SSSR count). The maximum absolute atomic E-state index is 13.7. The Bertz CT molecular complexity index is 604. The number of aromatic nitrogens is 1. The molecule has 2 unspecified atom stereocenters. The van der Waals surface area contributed by atoms with Gasteiger partial charge in [-0.2, -0.15) is 0 Å². The maximum Gasteiger partial charge on any atom is 0.123 e. The molecule has 1 aliphatic rings. The van der Waals surface area contributed by atoms with Crippen molar-refractivity contribution in [3.8, 4) is 0 Å². The summed E-state index contributed by atoms with van der Waals surface area (Å²) in [5.74, 6) is 0.150. The van der Waals surface area contributed by atoms with E-state index >= 15 is 0 Å². The molecule has 2 nitrogen and oxygen atoms in total. The molecule has 0 aliphatic heterocycles. The summed E-state index contributed by atoms with van der Waals surface area (Å²) in [4.78, 5) is 4.55. The van der Waals surface area contributed by atoms with Gasteiger partial charge >= 0.3 is 0 Å². The lowest BCUT2D eigenvalue weighted by Crippen LogP contribution is -2.23. The lowest BCUT2D eigenvalue weighted by atomic mass is 9.90. The van der Waals surface area contributed by atoms with Crippen molar-refractivity contribution in [3.05, 3.63) is 64.7 Å². The molecule has 0 spiro atoms. The summed E-state index contributed by atoms with van der Waals surface area (Å²) in [6, 6.07) is 9.51. The first-order valence-corrected chi connectivity index (χ1v) is 7.07. The molecule has 0 radical (unpaired) electrons. The molecule has 1 N–H and O–H groups in total. The fraction of sp³-hybridized carbons (Fsp3) is 0.353. The Kier molecular flexibility index (Phi) is 3.53. The summed E-state index contributed by atoms with van der Waals surface area (Å²) >= 11 is 0. The third kappa shape index (κ3) is 2.34. The second-order valence-electron chi connectivity index (χ2n) is 5.52. The molecule has 104 valence electrons. The molecule has 1 aliphatic carbocycles. The van der Waals surface area contributed by atoms with Crippen molar-refractivity contribution in [1.29, 1.82) is 0 Å². The van der Waals surface area contributed by atoms with E-state index in [1.807, 2.05) is 26.2 Å². The molecule has 0 fully saturated rings. The first-order valence-electron chi connectivity index (χ1n) is 7.07. The van der Waals surface area contributed by atoms with Gasteiger partial charge in [0.2, 0.25) is 0 Å². The van der Waals surface area contributed by atoms with E-state index < -0.39 is 0 Å². The zero-order valence-electron chi connectivity index (χ0n) is 11.9. The van der Waals surface area contributed by atoms with Crippen LogP contribution in [-0.2, 0) is 6.42 Å². The number of nitrogens with zero attached hydrogens (tertiary/aromatic N) is 1. The van der Waals surface area contributed by atoms with Crippen LogP contribution in [0.1, 0.15) is 40.8 Å². The first-order chi connectivity index (χ1) is 9.69. The van der Waals surface area contributed by atoms with Crippen LogP contribution in [-0.4, -0.2) is 12.0 Å². The molecule has 0 saturated carbocycles. The monoisotopic (exact) mass is 270 g/mol. The van der Waals surface area contributed by atoms with E-state index in [1.54, 1.807) is 12.1 Å². The van der Waals surface area contributed by atoms with Gasteiger partial charge in [0, 0.05) is 23.9 Å². The lowest BCUT2D eigenvalue weighted by Gasteiger charge is -2.24. The Balaban J connectivity index is 1.99. The standard InChI is InChI=1S/C17H19FN2/c1-11-8-13(10-14(18)9-11)16(19-2)15-6-5-12-4-3-7-20-17(12)15/h3-4,7-10,15-16,19H,5-6H2,1-2H3. The SMILES string of the molecule is CNC(c1cc(C)cc(F)c1)C1CCc2cccnc21. The third-order valence-corrected chi connectivity index (χ3v) is 4.14. The van der Waals surface area contributed by atoms with Gasteiger partial charge in [-0.15, -0.1) is 0 Å². The third-order valence-electron chi connectivity index (χ3n) is 4.14. The summed E-state index contributed by atoms with van der Waals surface area (Å²) in [5.41, 5.74) is 4.45. The molecule has 2 aromatic rings. The number of halogens is 1. The average Bonchev–Trinajstić information content (AvgIpc) is 2.83. The van der Waals surface area contributed by atoms with Crippen molar-refractivity contribution in [2.45, 2.75) is 31.7 Å². The molecule has 0 saturated heterocycles. The quantitative estimate of drug-likeness (QED) is 0.923. The highest BCUT2D eigenvalue weighted by Crippen LogP contribution is 2.40. The van der Waals surface area contributed by atoms with Gasteiger partial charge in [0.15, 0.2) is 0 Å². The van der Waals surface area contributed by atoms with E-state index in [2.05, 4.69) is 22.4 Å². The fourth-order valence-corrected chi connectivity index (χ4v) is 3.31. The van der Waals surface area contributed by atoms with Crippen molar-refractivity contribution >= 4 is 0 Å². The van der Waals surface area contributed by atoms with E-state index in [0.717, 1.165) is 29.7 Å². The Hall–Kier alpha value is -1.74. The van der Waals surface area contributed by atoms with Crippen molar-refractivity contribution in [2.75, 3.05) is 7.05 Å². The van der Waals surface area contributed by atoms with Crippen LogP contribution in [0.15, 0.2) is 36.5 Å². The van der Waals surface area contributed by atoms with E-state index in [9.17, 15) is 4.39 Å². The highest BCUT2D eigenvalue weighted by Gasteiger charge is 2.31. The Morgan fingerprint density at radius 3 is 2.95 bits per heavy atom. The topological polar surface area (TPSA) is 24.9 Å². The predicted molar refractivity (Wildman–Crippen MR) is 78.2 cm³/mol. The summed E-state index contributed by atoms with van der Waals surface area (Å²) in [7, 11) is 1.94. The summed E-state index contributed by atoms with van der Waals surface area (Å²) < 4.78 is 13.7. The second kappa shape index (κ2) is 5.33. The van der Waals surface area contributed by atoms with Gasteiger partial charge in [0.05, 0.1) is 0 Å². The molecular formula is C17H19FN2. The van der Waals surface area contributed by atoms with E-state index in [-0.39, 0.29) is 11.9 Å². The molecule has 1 heterocycles. The normalized spacial score (nSPS) is 18.9. The molecule has 2 atom stereocenters. The minimum atomic E-state index is -0.167. The number of fused-ring (bicyclic) bond motifs is 1. The van der Waals surface area contributed by atoms with E-state index in [4.69, 9.17) is 0 Å². The smallest absolute Gasteiger partial charge is 0.123 e. The molecule has 20 heavy (non-hydrogen) atoms. The fourth-order valence-electron chi connectivity index (χ4n) is 3.31. The average molecular weight is 270 g/mol. The number of hydrogen-bond acceptors (Lipinski definition) is 2. The van der Waals surface area contributed by atoms with Gasteiger partial charge in [0.25, 0.3) is 0 Å². The molecule has 0 amide bonds. The van der Waals surface area contributed by atoms with Gasteiger partial charge < -0.3 is 5.32 Å². The van der Waals surface area contributed by atoms with Crippen LogP contribution in [0.5, 0.6) is 0 Å². The molecular weight excluding hydrogens is 251 g/mol. The number of rotatable bonds is 3. The summed E-state index contributed by atoms with van der Waals surface area (Å²) in [5, 5.41) is 3.35. The van der Waals surface area contributed by atoms with Gasteiger partial charge in [-0.3, -0.25) is 4.98 Å². The first kappa shape index (κ1) is 13.3. The van der Waals surface area contributed by atoms with Crippen LogP contribution in [0.3, 0.4) is 0 Å². The molecule has 1 aromatic heterocycles. The van der Waals surface area contributed by atoms with Crippen LogP contribution in [0.25, 0.3) is 0 Å². The van der Waals surface area contributed by atoms with Crippen molar-refractivity contribution in [1.82, 2.24) is 10.3 Å². The predicted octanol–water partition coefficient (Wildman–Crippen LogP) is 3.52.